The van der Waals surface area contributed by atoms with E-state index in [2.05, 4.69) is 47.3 Å². The summed E-state index contributed by atoms with van der Waals surface area (Å²) in [6.07, 6.45) is 9.26. The number of hydrogen-bond acceptors (Lipinski definition) is 4. The first-order valence-corrected chi connectivity index (χ1v) is 11.4. The number of anilines is 1. The van der Waals surface area contributed by atoms with E-state index in [1.54, 1.807) is 0 Å². The van der Waals surface area contributed by atoms with E-state index in [-0.39, 0.29) is 11.3 Å². The number of rotatable bonds is 2. The van der Waals surface area contributed by atoms with Gasteiger partial charge in [0.1, 0.15) is 0 Å². The summed E-state index contributed by atoms with van der Waals surface area (Å²) in [7, 11) is 4.08. The number of likely N-dealkylation sites (N-methyl/N-ethyl adjacent to an activating group) is 1. The van der Waals surface area contributed by atoms with Gasteiger partial charge in [-0.05, 0) is 69.6 Å². The maximum absolute atomic E-state index is 13.1. The van der Waals surface area contributed by atoms with E-state index in [1.165, 1.54) is 24.1 Å². The number of fused-ring (bicyclic) bond motifs is 4. The average molecular weight is 413 g/mol. The molecule has 2 aromatic heterocycles. The fourth-order valence-electron chi connectivity index (χ4n) is 5.77. The van der Waals surface area contributed by atoms with Gasteiger partial charge < -0.3 is 9.80 Å². The number of aromatic nitrogens is 2. The van der Waals surface area contributed by atoms with Gasteiger partial charge in [0.15, 0.2) is 0 Å². The fraction of sp³-hybridized carbons (Fsp3) is 0.423. The number of carbonyl (C=O) groups excluding carboxylic acids is 1. The van der Waals surface area contributed by atoms with Crippen LogP contribution in [0.5, 0.6) is 0 Å². The Morgan fingerprint density at radius 1 is 0.968 bits per heavy atom. The van der Waals surface area contributed by atoms with Crippen LogP contribution in [0, 0.1) is 0 Å². The van der Waals surface area contributed by atoms with E-state index in [0.29, 0.717) is 5.92 Å². The zero-order valence-corrected chi connectivity index (χ0v) is 18.3. The van der Waals surface area contributed by atoms with Crippen molar-refractivity contribution >= 4 is 22.5 Å². The van der Waals surface area contributed by atoms with Crippen molar-refractivity contribution in [3.05, 3.63) is 54.0 Å². The van der Waals surface area contributed by atoms with Crippen molar-refractivity contribution in [1.82, 2.24) is 14.9 Å². The molecule has 2 fully saturated rings. The van der Waals surface area contributed by atoms with Gasteiger partial charge in [-0.3, -0.25) is 14.8 Å². The van der Waals surface area contributed by atoms with Crippen molar-refractivity contribution in [3.63, 3.8) is 0 Å². The predicted molar refractivity (Wildman–Crippen MR) is 123 cm³/mol. The van der Waals surface area contributed by atoms with Crippen molar-refractivity contribution < 1.29 is 4.79 Å². The van der Waals surface area contributed by atoms with E-state index in [4.69, 9.17) is 4.98 Å². The minimum absolute atomic E-state index is 0.234. The monoisotopic (exact) mass is 412 g/mol. The summed E-state index contributed by atoms with van der Waals surface area (Å²) in [5.74, 6) is 0.798. The van der Waals surface area contributed by atoms with Gasteiger partial charge in [0.05, 0.1) is 22.8 Å². The van der Waals surface area contributed by atoms with Crippen LogP contribution in [-0.2, 0) is 10.2 Å². The zero-order chi connectivity index (χ0) is 21.2. The number of hydrogen-bond donors (Lipinski definition) is 0. The molecule has 0 atom stereocenters. The Hall–Kier alpha value is -2.79. The lowest BCUT2D eigenvalue weighted by atomic mass is 9.64. The molecule has 5 heteroatoms. The molecule has 0 unspecified atom stereocenters. The summed E-state index contributed by atoms with van der Waals surface area (Å²) in [5.41, 5.74) is 6.27. The highest BCUT2D eigenvalue weighted by Crippen LogP contribution is 2.55. The Balaban J connectivity index is 1.39. The fourth-order valence-corrected chi connectivity index (χ4v) is 5.77. The van der Waals surface area contributed by atoms with Gasteiger partial charge in [0.2, 0.25) is 5.91 Å². The lowest BCUT2D eigenvalue weighted by Gasteiger charge is -2.37. The van der Waals surface area contributed by atoms with Crippen LogP contribution in [0.25, 0.3) is 22.0 Å². The lowest BCUT2D eigenvalue weighted by Crippen LogP contribution is -2.43. The topological polar surface area (TPSA) is 49.3 Å². The molecule has 4 heterocycles. The first-order valence-electron chi connectivity index (χ1n) is 11.4. The van der Waals surface area contributed by atoms with Gasteiger partial charge in [-0.1, -0.05) is 18.6 Å². The van der Waals surface area contributed by atoms with Crippen LogP contribution in [0.15, 0.2) is 42.7 Å². The van der Waals surface area contributed by atoms with Gasteiger partial charge in [-0.25, -0.2) is 0 Å². The molecule has 1 saturated heterocycles. The Morgan fingerprint density at radius 2 is 1.74 bits per heavy atom. The first kappa shape index (κ1) is 18.9. The summed E-state index contributed by atoms with van der Waals surface area (Å²) in [5, 5.41) is 1.12. The summed E-state index contributed by atoms with van der Waals surface area (Å²) >= 11 is 0. The highest BCUT2D eigenvalue weighted by Gasteiger charge is 2.54. The van der Waals surface area contributed by atoms with Gasteiger partial charge in [0, 0.05) is 41.4 Å². The molecular weight excluding hydrogens is 384 g/mol. The smallest absolute Gasteiger partial charge is 0.237 e. The molecule has 1 spiro atoms. The number of amides is 1. The second kappa shape index (κ2) is 6.86. The third-order valence-electron chi connectivity index (χ3n) is 7.87. The standard InChI is InChI=1S/C26H28N4O/c1-29-12-8-17(9-13-29)21-6-5-19(15-27-21)18-4-7-22-20(14-18)24-23(16-28-22)30(2)25(31)26(24)10-3-11-26/h4-7,14-17H,3,8-13H2,1-2H3. The second-order valence-electron chi connectivity index (χ2n) is 9.60. The molecule has 31 heavy (non-hydrogen) atoms. The highest BCUT2D eigenvalue weighted by atomic mass is 16.2. The second-order valence-corrected chi connectivity index (χ2v) is 9.60. The van der Waals surface area contributed by atoms with Crippen LogP contribution in [0.4, 0.5) is 5.69 Å². The highest BCUT2D eigenvalue weighted by molar-refractivity contribution is 6.13. The summed E-state index contributed by atoms with van der Waals surface area (Å²) in [6.45, 7) is 2.29. The molecule has 0 N–H and O–H groups in total. The van der Waals surface area contributed by atoms with E-state index >= 15 is 0 Å². The molecule has 5 nitrogen and oxygen atoms in total. The third-order valence-corrected chi connectivity index (χ3v) is 7.87. The number of piperidine rings is 1. The molecule has 1 saturated carbocycles. The number of likely N-dealkylation sites (tertiary alicyclic amines) is 1. The lowest BCUT2D eigenvalue weighted by molar-refractivity contribution is -0.125. The van der Waals surface area contributed by atoms with E-state index in [1.807, 2.05) is 24.3 Å². The number of benzene rings is 1. The van der Waals surface area contributed by atoms with Crippen molar-refractivity contribution in [2.75, 3.05) is 32.1 Å². The Bertz CT molecular complexity index is 1170. The summed E-state index contributed by atoms with van der Waals surface area (Å²) in [6, 6.07) is 10.8. The van der Waals surface area contributed by atoms with Crippen LogP contribution >= 0.6 is 0 Å². The maximum Gasteiger partial charge on any atom is 0.237 e. The predicted octanol–water partition coefficient (Wildman–Crippen LogP) is 4.50. The minimum Gasteiger partial charge on any atom is -0.313 e. The SMILES string of the molecule is CN1CCC(c2ccc(-c3ccc4ncc5c(c4c3)C3(CCC3)C(=O)N5C)cn2)CC1. The Morgan fingerprint density at radius 3 is 2.42 bits per heavy atom. The van der Waals surface area contributed by atoms with Crippen molar-refractivity contribution in [1.29, 1.82) is 0 Å². The zero-order valence-electron chi connectivity index (χ0n) is 18.3. The van der Waals surface area contributed by atoms with Crippen LogP contribution in [0.1, 0.15) is 49.3 Å². The Labute approximate surface area is 183 Å². The van der Waals surface area contributed by atoms with Crippen molar-refractivity contribution in [2.45, 2.75) is 43.4 Å². The molecule has 2 aliphatic heterocycles. The molecule has 158 valence electrons. The number of carbonyl (C=O) groups is 1. The molecule has 1 amide bonds. The van der Waals surface area contributed by atoms with Gasteiger partial charge >= 0.3 is 0 Å². The molecule has 0 radical (unpaired) electrons. The quantitative estimate of drug-likeness (QED) is 0.622. The number of pyridine rings is 2. The average Bonchev–Trinajstić information content (AvgIpc) is 3.02. The maximum atomic E-state index is 13.1. The molecule has 1 aromatic carbocycles. The van der Waals surface area contributed by atoms with Crippen LogP contribution in [0.2, 0.25) is 0 Å². The molecule has 3 aliphatic rings. The Kier molecular flexibility index (Phi) is 4.19. The van der Waals surface area contributed by atoms with Crippen molar-refractivity contribution in [2.24, 2.45) is 0 Å². The molecular formula is C26H28N4O. The van der Waals surface area contributed by atoms with E-state index in [9.17, 15) is 4.79 Å². The molecule has 1 aliphatic carbocycles. The summed E-state index contributed by atoms with van der Waals surface area (Å²) < 4.78 is 0. The normalized spacial score (nSPS) is 21.0. The molecule has 3 aromatic rings. The minimum atomic E-state index is -0.333. The van der Waals surface area contributed by atoms with Gasteiger partial charge in [-0.15, -0.1) is 0 Å². The van der Waals surface area contributed by atoms with Gasteiger partial charge in [-0.2, -0.15) is 0 Å². The van der Waals surface area contributed by atoms with E-state index in [0.717, 1.165) is 60.1 Å². The van der Waals surface area contributed by atoms with E-state index < -0.39 is 0 Å². The largest absolute Gasteiger partial charge is 0.313 e. The molecule has 0 bridgehead atoms. The van der Waals surface area contributed by atoms with Gasteiger partial charge in [0.25, 0.3) is 0 Å². The summed E-state index contributed by atoms with van der Waals surface area (Å²) in [4.78, 5) is 26.8. The molecule has 6 rings (SSSR count). The van der Waals surface area contributed by atoms with Crippen molar-refractivity contribution in [3.8, 4) is 11.1 Å². The number of nitrogens with zero attached hydrogens (tertiary/aromatic N) is 4. The third kappa shape index (κ3) is 2.76. The van der Waals surface area contributed by atoms with Crippen LogP contribution in [-0.4, -0.2) is 48.0 Å². The van der Waals surface area contributed by atoms with Crippen LogP contribution in [0.3, 0.4) is 0 Å². The van der Waals surface area contributed by atoms with Crippen LogP contribution < -0.4 is 4.90 Å². The first-order chi connectivity index (χ1) is 15.1.